The second kappa shape index (κ2) is 4.94. The molecule has 1 fully saturated rings. The van der Waals surface area contributed by atoms with Crippen LogP contribution in [-0.2, 0) is 6.54 Å². The standard InChI is InChI=1S/C16H14F3N/c17-16(18,19)15-14(13-9-5-2-6-10-13)20(15)11-12-7-3-1-4-8-12/h1-10,14-15H,11H2/t14-,15-,20?/m0/s1. The van der Waals surface area contributed by atoms with Gasteiger partial charge in [0.1, 0.15) is 6.04 Å². The van der Waals surface area contributed by atoms with Gasteiger partial charge in [-0.1, -0.05) is 60.7 Å². The van der Waals surface area contributed by atoms with Gasteiger partial charge in [0.25, 0.3) is 0 Å². The SMILES string of the molecule is FC(F)(F)[C@@H]1[C@H](c2ccccc2)N1Cc1ccccc1. The Kier molecular flexibility index (Phi) is 3.26. The highest BCUT2D eigenvalue weighted by molar-refractivity contribution is 5.29. The van der Waals surface area contributed by atoms with E-state index >= 15 is 0 Å². The third-order valence-electron chi connectivity index (χ3n) is 3.61. The predicted molar refractivity (Wildman–Crippen MR) is 71.0 cm³/mol. The van der Waals surface area contributed by atoms with Crippen molar-refractivity contribution in [2.75, 3.05) is 0 Å². The molecule has 1 heterocycles. The molecule has 20 heavy (non-hydrogen) atoms. The van der Waals surface area contributed by atoms with Crippen LogP contribution >= 0.6 is 0 Å². The highest BCUT2D eigenvalue weighted by Gasteiger charge is 2.62. The smallest absolute Gasteiger partial charge is 0.277 e. The van der Waals surface area contributed by atoms with E-state index in [1.165, 1.54) is 4.90 Å². The second-order valence-electron chi connectivity index (χ2n) is 5.00. The first-order valence-corrected chi connectivity index (χ1v) is 6.49. The molecule has 2 aromatic carbocycles. The first-order chi connectivity index (χ1) is 9.57. The summed E-state index contributed by atoms with van der Waals surface area (Å²) in [5.41, 5.74) is 1.63. The van der Waals surface area contributed by atoms with Gasteiger partial charge in [-0.15, -0.1) is 0 Å². The van der Waals surface area contributed by atoms with Crippen LogP contribution in [-0.4, -0.2) is 17.1 Å². The van der Waals surface area contributed by atoms with Crippen molar-refractivity contribution in [1.82, 2.24) is 4.90 Å². The number of benzene rings is 2. The van der Waals surface area contributed by atoms with Gasteiger partial charge in [-0.05, 0) is 11.1 Å². The normalized spacial score (nSPS) is 25.4. The molecule has 0 bridgehead atoms. The summed E-state index contributed by atoms with van der Waals surface area (Å²) >= 11 is 0. The lowest BCUT2D eigenvalue weighted by Crippen LogP contribution is -2.21. The summed E-state index contributed by atoms with van der Waals surface area (Å²) in [6, 6.07) is 16.2. The number of alkyl halides is 3. The van der Waals surface area contributed by atoms with Crippen LogP contribution in [0.4, 0.5) is 13.2 Å². The number of hydrogen-bond acceptors (Lipinski definition) is 1. The lowest BCUT2D eigenvalue weighted by atomic mass is 10.1. The number of hydrogen-bond donors (Lipinski definition) is 0. The van der Waals surface area contributed by atoms with E-state index in [1.54, 1.807) is 24.3 Å². The summed E-state index contributed by atoms with van der Waals surface area (Å²) in [6.07, 6.45) is -4.19. The summed E-state index contributed by atoms with van der Waals surface area (Å²) in [7, 11) is 0. The van der Waals surface area contributed by atoms with Gasteiger partial charge in [-0.2, -0.15) is 13.2 Å². The molecule has 2 aromatic rings. The molecule has 1 aliphatic heterocycles. The fraction of sp³-hybridized carbons (Fsp3) is 0.250. The topological polar surface area (TPSA) is 3.01 Å². The Hall–Kier alpha value is -1.81. The van der Waals surface area contributed by atoms with Gasteiger partial charge in [0, 0.05) is 6.54 Å². The lowest BCUT2D eigenvalue weighted by molar-refractivity contribution is -0.137. The molecular weight excluding hydrogens is 263 g/mol. The van der Waals surface area contributed by atoms with Gasteiger partial charge in [0.05, 0.1) is 6.04 Å². The third kappa shape index (κ3) is 2.56. The van der Waals surface area contributed by atoms with Crippen molar-refractivity contribution < 1.29 is 13.2 Å². The molecule has 104 valence electrons. The van der Waals surface area contributed by atoms with E-state index in [4.69, 9.17) is 0 Å². The molecule has 0 radical (unpaired) electrons. The minimum Gasteiger partial charge on any atom is -0.277 e. The fourth-order valence-corrected chi connectivity index (χ4v) is 2.66. The monoisotopic (exact) mass is 277 g/mol. The number of nitrogens with zero attached hydrogens (tertiary/aromatic N) is 1. The molecule has 1 aliphatic rings. The van der Waals surface area contributed by atoms with Gasteiger partial charge in [-0.3, -0.25) is 4.90 Å². The summed E-state index contributed by atoms with van der Waals surface area (Å²) in [5, 5.41) is 0. The van der Waals surface area contributed by atoms with E-state index < -0.39 is 18.3 Å². The van der Waals surface area contributed by atoms with Crippen LogP contribution in [0.15, 0.2) is 60.7 Å². The maximum atomic E-state index is 13.1. The van der Waals surface area contributed by atoms with Gasteiger partial charge in [-0.25, -0.2) is 0 Å². The Bertz CT molecular complexity index is 565. The molecule has 0 saturated carbocycles. The largest absolute Gasteiger partial charge is 0.405 e. The van der Waals surface area contributed by atoms with Crippen molar-refractivity contribution >= 4 is 0 Å². The molecule has 1 saturated heterocycles. The van der Waals surface area contributed by atoms with Gasteiger partial charge in [0.2, 0.25) is 0 Å². The molecule has 4 heteroatoms. The average molecular weight is 277 g/mol. The van der Waals surface area contributed by atoms with Gasteiger partial charge >= 0.3 is 6.18 Å². The second-order valence-corrected chi connectivity index (χ2v) is 5.00. The van der Waals surface area contributed by atoms with E-state index in [1.807, 2.05) is 36.4 Å². The van der Waals surface area contributed by atoms with E-state index in [2.05, 4.69) is 0 Å². The summed E-state index contributed by atoms with van der Waals surface area (Å²) in [4.78, 5) is 1.49. The lowest BCUT2D eigenvalue weighted by Gasteiger charge is -2.06. The minimum absolute atomic E-state index is 0.324. The highest BCUT2D eigenvalue weighted by atomic mass is 19.4. The van der Waals surface area contributed by atoms with Crippen molar-refractivity contribution in [3.05, 3.63) is 71.8 Å². The maximum absolute atomic E-state index is 13.1. The van der Waals surface area contributed by atoms with Crippen molar-refractivity contribution in [2.45, 2.75) is 24.8 Å². The van der Waals surface area contributed by atoms with Crippen molar-refractivity contribution in [3.63, 3.8) is 0 Å². The van der Waals surface area contributed by atoms with Gasteiger partial charge in [0.15, 0.2) is 0 Å². The molecule has 1 nitrogen and oxygen atoms in total. The van der Waals surface area contributed by atoms with E-state index in [-0.39, 0.29) is 0 Å². The molecule has 0 N–H and O–H groups in total. The molecule has 1 unspecified atom stereocenters. The molecule has 0 amide bonds. The Labute approximate surface area is 115 Å². The molecular formula is C16H14F3N. The zero-order valence-electron chi connectivity index (χ0n) is 10.7. The fourth-order valence-electron chi connectivity index (χ4n) is 2.66. The van der Waals surface area contributed by atoms with E-state index in [0.29, 0.717) is 6.54 Å². The van der Waals surface area contributed by atoms with E-state index in [0.717, 1.165) is 11.1 Å². The molecule has 0 spiro atoms. The van der Waals surface area contributed by atoms with Gasteiger partial charge < -0.3 is 0 Å². The Morgan fingerprint density at radius 1 is 0.850 bits per heavy atom. The van der Waals surface area contributed by atoms with E-state index in [9.17, 15) is 13.2 Å². The highest BCUT2D eigenvalue weighted by Crippen LogP contribution is 2.52. The number of halogens is 3. The molecule has 0 aliphatic carbocycles. The summed E-state index contributed by atoms with van der Waals surface area (Å²) in [5.74, 6) is 0. The maximum Gasteiger partial charge on any atom is 0.405 e. The van der Waals surface area contributed by atoms with Crippen molar-refractivity contribution in [2.24, 2.45) is 0 Å². The molecule has 0 aromatic heterocycles. The Morgan fingerprint density at radius 3 is 1.95 bits per heavy atom. The first kappa shape index (κ1) is 13.2. The average Bonchev–Trinajstić information content (AvgIpc) is 3.15. The van der Waals surface area contributed by atoms with Crippen LogP contribution < -0.4 is 0 Å². The van der Waals surface area contributed by atoms with Crippen LogP contribution in [0.2, 0.25) is 0 Å². The number of rotatable bonds is 3. The van der Waals surface area contributed by atoms with Crippen LogP contribution in [0.25, 0.3) is 0 Å². The minimum atomic E-state index is -4.19. The Balaban J connectivity index is 1.82. The van der Waals surface area contributed by atoms with Crippen LogP contribution in [0.5, 0.6) is 0 Å². The predicted octanol–water partition coefficient (Wildman–Crippen LogP) is 4.17. The summed E-state index contributed by atoms with van der Waals surface area (Å²) < 4.78 is 39.3. The Morgan fingerprint density at radius 2 is 1.40 bits per heavy atom. The zero-order chi connectivity index (χ0) is 14.2. The van der Waals surface area contributed by atoms with Crippen molar-refractivity contribution in [3.8, 4) is 0 Å². The van der Waals surface area contributed by atoms with Crippen LogP contribution in [0.3, 0.4) is 0 Å². The molecule has 3 atom stereocenters. The third-order valence-corrected chi connectivity index (χ3v) is 3.61. The molecule has 3 rings (SSSR count). The first-order valence-electron chi connectivity index (χ1n) is 6.49. The van der Waals surface area contributed by atoms with Crippen LogP contribution in [0, 0.1) is 0 Å². The van der Waals surface area contributed by atoms with Crippen LogP contribution in [0.1, 0.15) is 17.2 Å². The zero-order valence-corrected chi connectivity index (χ0v) is 10.7. The quantitative estimate of drug-likeness (QED) is 0.761. The van der Waals surface area contributed by atoms with Crippen molar-refractivity contribution in [1.29, 1.82) is 0 Å². The summed E-state index contributed by atoms with van der Waals surface area (Å²) in [6.45, 7) is 0.324.